The molecule has 3 rings (SSSR count). The first-order chi connectivity index (χ1) is 9.24. The summed E-state index contributed by atoms with van der Waals surface area (Å²) in [6.45, 7) is 4.31. The topological polar surface area (TPSA) is 0 Å². The molecule has 0 spiro atoms. The lowest BCUT2D eigenvalue weighted by molar-refractivity contribution is 0.686. The molecule has 0 aliphatic heterocycles. The number of rotatable bonds is 2. The average Bonchev–Trinajstić information content (AvgIpc) is 2.43. The van der Waals surface area contributed by atoms with E-state index in [0.29, 0.717) is 5.92 Å². The first-order valence-electron chi connectivity index (χ1n) is 6.74. The standard InChI is InChI=1S/C18H17Br/c1-13-7-8-15-9-10-16(19)12-18(15)17(13)11-14-5-3-2-4-6-14/h2-6,9-10,12,17H,1,7-8,11H2. The molecule has 1 atom stereocenters. The second kappa shape index (κ2) is 5.34. The molecule has 0 heterocycles. The summed E-state index contributed by atoms with van der Waals surface area (Å²) in [6.07, 6.45) is 3.31. The summed E-state index contributed by atoms with van der Waals surface area (Å²) in [5, 5.41) is 0. The van der Waals surface area contributed by atoms with Gasteiger partial charge in [-0.3, -0.25) is 0 Å². The zero-order chi connectivity index (χ0) is 13.2. The van der Waals surface area contributed by atoms with Gasteiger partial charge < -0.3 is 0 Å². The van der Waals surface area contributed by atoms with Crippen molar-refractivity contribution in [1.82, 2.24) is 0 Å². The summed E-state index contributed by atoms with van der Waals surface area (Å²) < 4.78 is 1.17. The van der Waals surface area contributed by atoms with Crippen molar-refractivity contribution >= 4 is 15.9 Å². The van der Waals surface area contributed by atoms with E-state index in [0.717, 1.165) is 19.3 Å². The van der Waals surface area contributed by atoms with Gasteiger partial charge in [0, 0.05) is 10.4 Å². The first-order valence-corrected chi connectivity index (χ1v) is 7.53. The van der Waals surface area contributed by atoms with Crippen LogP contribution in [0.2, 0.25) is 0 Å². The predicted molar refractivity (Wildman–Crippen MR) is 84.5 cm³/mol. The van der Waals surface area contributed by atoms with Crippen LogP contribution in [-0.2, 0) is 12.8 Å². The van der Waals surface area contributed by atoms with Gasteiger partial charge in [0.1, 0.15) is 0 Å². The highest BCUT2D eigenvalue weighted by Gasteiger charge is 2.23. The summed E-state index contributed by atoms with van der Waals surface area (Å²) in [6, 6.07) is 17.4. The van der Waals surface area contributed by atoms with Crippen molar-refractivity contribution in [3.63, 3.8) is 0 Å². The minimum absolute atomic E-state index is 0.462. The summed E-state index contributed by atoms with van der Waals surface area (Å²) in [4.78, 5) is 0. The molecule has 1 aliphatic carbocycles. The molecular weight excluding hydrogens is 296 g/mol. The van der Waals surface area contributed by atoms with Crippen molar-refractivity contribution < 1.29 is 0 Å². The van der Waals surface area contributed by atoms with Gasteiger partial charge >= 0.3 is 0 Å². The molecule has 0 radical (unpaired) electrons. The number of hydrogen-bond acceptors (Lipinski definition) is 0. The number of halogens is 1. The monoisotopic (exact) mass is 312 g/mol. The van der Waals surface area contributed by atoms with Crippen LogP contribution < -0.4 is 0 Å². The van der Waals surface area contributed by atoms with E-state index in [1.165, 1.54) is 26.7 Å². The Bertz CT molecular complexity index is 598. The van der Waals surface area contributed by atoms with Crippen LogP contribution in [0.25, 0.3) is 0 Å². The van der Waals surface area contributed by atoms with Crippen LogP contribution in [-0.4, -0.2) is 0 Å². The third kappa shape index (κ3) is 2.66. The smallest absolute Gasteiger partial charge is 0.0178 e. The molecule has 0 fully saturated rings. The zero-order valence-corrected chi connectivity index (χ0v) is 12.5. The van der Waals surface area contributed by atoms with Crippen LogP contribution in [0.5, 0.6) is 0 Å². The maximum atomic E-state index is 4.31. The van der Waals surface area contributed by atoms with Crippen molar-refractivity contribution in [2.45, 2.75) is 25.2 Å². The number of hydrogen-bond donors (Lipinski definition) is 0. The number of fused-ring (bicyclic) bond motifs is 1. The Hall–Kier alpha value is -1.34. The molecule has 0 saturated heterocycles. The minimum atomic E-state index is 0.462. The van der Waals surface area contributed by atoms with Crippen molar-refractivity contribution in [2.75, 3.05) is 0 Å². The van der Waals surface area contributed by atoms with Gasteiger partial charge in [0.05, 0.1) is 0 Å². The minimum Gasteiger partial charge on any atom is -0.0992 e. The molecule has 0 amide bonds. The fraction of sp³-hybridized carbons (Fsp3) is 0.222. The fourth-order valence-electron chi connectivity index (χ4n) is 2.91. The van der Waals surface area contributed by atoms with E-state index in [9.17, 15) is 0 Å². The van der Waals surface area contributed by atoms with E-state index in [1.807, 2.05) is 0 Å². The van der Waals surface area contributed by atoms with Crippen molar-refractivity contribution in [2.24, 2.45) is 0 Å². The van der Waals surface area contributed by atoms with Crippen LogP contribution in [0.4, 0.5) is 0 Å². The highest BCUT2D eigenvalue weighted by atomic mass is 79.9. The first kappa shape index (κ1) is 12.7. The highest BCUT2D eigenvalue weighted by Crippen LogP contribution is 2.38. The van der Waals surface area contributed by atoms with Gasteiger partial charge in [-0.25, -0.2) is 0 Å². The van der Waals surface area contributed by atoms with Crippen LogP contribution in [0, 0.1) is 0 Å². The van der Waals surface area contributed by atoms with E-state index in [2.05, 4.69) is 71.0 Å². The SMILES string of the molecule is C=C1CCc2ccc(Br)cc2C1Cc1ccccc1. The highest BCUT2D eigenvalue weighted by molar-refractivity contribution is 9.10. The van der Waals surface area contributed by atoms with Crippen molar-refractivity contribution in [1.29, 1.82) is 0 Å². The van der Waals surface area contributed by atoms with Gasteiger partial charge in [-0.15, -0.1) is 0 Å². The number of aryl methyl sites for hydroxylation is 1. The van der Waals surface area contributed by atoms with Gasteiger partial charge in [-0.05, 0) is 48.1 Å². The van der Waals surface area contributed by atoms with E-state index in [4.69, 9.17) is 0 Å². The van der Waals surface area contributed by atoms with E-state index in [1.54, 1.807) is 0 Å². The number of benzene rings is 2. The fourth-order valence-corrected chi connectivity index (χ4v) is 3.29. The molecule has 2 aromatic carbocycles. The molecule has 0 aromatic heterocycles. The summed E-state index contributed by atoms with van der Waals surface area (Å²) in [5.41, 5.74) is 5.70. The van der Waals surface area contributed by atoms with Crippen LogP contribution in [0.3, 0.4) is 0 Å². The molecule has 96 valence electrons. The molecule has 1 heteroatoms. The molecule has 19 heavy (non-hydrogen) atoms. The Morgan fingerprint density at radius 2 is 1.84 bits per heavy atom. The largest absolute Gasteiger partial charge is 0.0992 e. The maximum absolute atomic E-state index is 4.31. The summed E-state index contributed by atoms with van der Waals surface area (Å²) in [5.74, 6) is 0.462. The van der Waals surface area contributed by atoms with Crippen LogP contribution in [0.1, 0.15) is 29.0 Å². The molecule has 1 unspecified atom stereocenters. The van der Waals surface area contributed by atoms with Crippen LogP contribution in [0.15, 0.2) is 65.2 Å². The van der Waals surface area contributed by atoms with E-state index < -0.39 is 0 Å². The molecule has 0 nitrogen and oxygen atoms in total. The molecule has 0 N–H and O–H groups in total. The second-order valence-corrected chi connectivity index (χ2v) is 6.16. The van der Waals surface area contributed by atoms with Gasteiger partial charge in [0.15, 0.2) is 0 Å². The van der Waals surface area contributed by atoms with E-state index in [-0.39, 0.29) is 0 Å². The lowest BCUT2D eigenvalue weighted by atomic mass is 9.77. The quantitative estimate of drug-likeness (QED) is 0.662. The molecule has 1 aliphatic rings. The van der Waals surface area contributed by atoms with E-state index >= 15 is 0 Å². The molecule has 0 bridgehead atoms. The Morgan fingerprint density at radius 3 is 2.63 bits per heavy atom. The normalized spacial score (nSPS) is 18.2. The lowest BCUT2D eigenvalue weighted by Gasteiger charge is -2.28. The maximum Gasteiger partial charge on any atom is 0.0178 e. The Labute approximate surface area is 123 Å². The van der Waals surface area contributed by atoms with Crippen molar-refractivity contribution in [3.05, 3.63) is 81.8 Å². The molecular formula is C18H17Br. The summed E-state index contributed by atoms with van der Waals surface area (Å²) >= 11 is 3.59. The Morgan fingerprint density at radius 1 is 1.05 bits per heavy atom. The average molecular weight is 313 g/mol. The van der Waals surface area contributed by atoms with Gasteiger partial charge in [-0.1, -0.05) is 64.5 Å². The zero-order valence-electron chi connectivity index (χ0n) is 10.9. The van der Waals surface area contributed by atoms with Crippen molar-refractivity contribution in [3.8, 4) is 0 Å². The molecule has 0 saturated carbocycles. The van der Waals surface area contributed by atoms with Gasteiger partial charge in [0.25, 0.3) is 0 Å². The predicted octanol–water partition coefficient (Wildman–Crippen LogP) is 5.28. The van der Waals surface area contributed by atoms with Crippen LogP contribution >= 0.6 is 15.9 Å². The third-order valence-electron chi connectivity index (χ3n) is 3.97. The summed E-state index contributed by atoms with van der Waals surface area (Å²) in [7, 11) is 0. The number of allylic oxidation sites excluding steroid dienone is 1. The Kier molecular flexibility index (Phi) is 3.56. The lowest BCUT2D eigenvalue weighted by Crippen LogP contribution is -2.14. The molecule has 2 aromatic rings. The Balaban J connectivity index is 1.97. The third-order valence-corrected chi connectivity index (χ3v) is 4.47. The van der Waals surface area contributed by atoms with Gasteiger partial charge in [-0.2, -0.15) is 0 Å². The second-order valence-electron chi connectivity index (χ2n) is 5.24. The van der Waals surface area contributed by atoms with Gasteiger partial charge in [0.2, 0.25) is 0 Å².